The molecule has 0 unspecified atom stereocenters. The summed E-state index contributed by atoms with van der Waals surface area (Å²) in [6.45, 7) is 1.90. The molecule has 132 valence electrons. The lowest BCUT2D eigenvalue weighted by molar-refractivity contribution is 0.412. The van der Waals surface area contributed by atoms with Gasteiger partial charge in [0.2, 0.25) is 5.95 Å². The van der Waals surface area contributed by atoms with Gasteiger partial charge in [0.15, 0.2) is 5.82 Å². The number of rotatable bonds is 5. The van der Waals surface area contributed by atoms with Crippen LogP contribution in [0.15, 0.2) is 53.7 Å². The van der Waals surface area contributed by atoms with Crippen LogP contribution in [0.1, 0.15) is 11.3 Å². The Balaban J connectivity index is 1.90. The van der Waals surface area contributed by atoms with Crippen LogP contribution in [0.2, 0.25) is 0 Å². The van der Waals surface area contributed by atoms with Crippen LogP contribution in [0.25, 0.3) is 11.3 Å². The minimum absolute atomic E-state index is 0.156. The molecule has 0 saturated carbocycles. The molecule has 0 spiro atoms. The predicted molar refractivity (Wildman–Crippen MR) is 102 cm³/mol. The third-order valence-corrected chi connectivity index (χ3v) is 3.83. The first kappa shape index (κ1) is 17.3. The molecule has 7 heteroatoms. The van der Waals surface area contributed by atoms with Crippen molar-refractivity contribution in [3.63, 3.8) is 0 Å². The van der Waals surface area contributed by atoms with Crippen molar-refractivity contribution < 1.29 is 4.74 Å². The van der Waals surface area contributed by atoms with E-state index in [1.54, 1.807) is 13.3 Å². The molecule has 0 radical (unpaired) electrons. The number of amidine groups is 1. The van der Waals surface area contributed by atoms with E-state index in [-0.39, 0.29) is 5.95 Å². The largest absolute Gasteiger partial charge is 0.495 e. The average Bonchev–Trinajstić information content (AvgIpc) is 2.65. The maximum absolute atomic E-state index is 6.09. The molecular weight excluding hydrogens is 328 g/mol. The molecule has 3 aromatic rings. The Kier molecular flexibility index (Phi) is 5.07. The fraction of sp³-hybridized carbons (Fsp3) is 0.158. The summed E-state index contributed by atoms with van der Waals surface area (Å²) >= 11 is 0. The zero-order valence-electron chi connectivity index (χ0n) is 14.7. The van der Waals surface area contributed by atoms with E-state index in [4.69, 9.17) is 16.2 Å². The number of nitrogens with two attached hydrogens (primary N) is 2. The lowest BCUT2D eigenvalue weighted by Crippen LogP contribution is -2.16. The molecule has 0 fully saturated rings. The molecule has 0 bridgehead atoms. The van der Waals surface area contributed by atoms with Crippen LogP contribution in [0.4, 0.5) is 11.8 Å². The summed E-state index contributed by atoms with van der Waals surface area (Å²) in [6, 6.07) is 13.4. The molecule has 4 N–H and O–H groups in total. The van der Waals surface area contributed by atoms with Gasteiger partial charge in [-0.05, 0) is 19.1 Å². The van der Waals surface area contributed by atoms with E-state index in [0.29, 0.717) is 23.8 Å². The average molecular weight is 348 g/mol. The highest BCUT2D eigenvalue weighted by molar-refractivity contribution is 5.85. The number of nitrogens with zero attached hydrogens (tertiary/aromatic N) is 4. The molecule has 2 aromatic heterocycles. The second kappa shape index (κ2) is 7.60. The molecule has 2 heterocycles. The molecule has 0 saturated heterocycles. The van der Waals surface area contributed by atoms with Gasteiger partial charge < -0.3 is 16.2 Å². The Bertz CT molecular complexity index is 923. The van der Waals surface area contributed by atoms with Crippen LogP contribution >= 0.6 is 0 Å². The maximum Gasteiger partial charge on any atom is 0.222 e. The Morgan fingerprint density at radius 1 is 1.12 bits per heavy atom. The van der Waals surface area contributed by atoms with Crippen LogP contribution in [0.5, 0.6) is 5.75 Å². The molecule has 7 nitrogen and oxygen atoms in total. The van der Waals surface area contributed by atoms with Crippen molar-refractivity contribution in [1.82, 2.24) is 15.0 Å². The third kappa shape index (κ3) is 3.94. The van der Waals surface area contributed by atoms with E-state index in [1.807, 2.05) is 49.4 Å². The third-order valence-electron chi connectivity index (χ3n) is 3.83. The normalized spacial score (nSPS) is 11.4. The van der Waals surface area contributed by atoms with Crippen LogP contribution in [0.3, 0.4) is 0 Å². The fourth-order valence-corrected chi connectivity index (χ4v) is 2.50. The van der Waals surface area contributed by atoms with Gasteiger partial charge in [0.05, 0.1) is 19.0 Å². The molecule has 1 aromatic carbocycles. The highest BCUT2D eigenvalue weighted by Gasteiger charge is 2.11. The minimum atomic E-state index is 0.156. The van der Waals surface area contributed by atoms with E-state index in [1.165, 1.54) is 0 Å². The summed E-state index contributed by atoms with van der Waals surface area (Å²) < 4.78 is 5.10. The molecule has 0 aliphatic rings. The summed E-state index contributed by atoms with van der Waals surface area (Å²) in [6.07, 6.45) is 2.04. The van der Waals surface area contributed by atoms with Crippen molar-refractivity contribution in [1.29, 1.82) is 0 Å². The zero-order chi connectivity index (χ0) is 18.5. The van der Waals surface area contributed by atoms with Gasteiger partial charge in [-0.2, -0.15) is 4.98 Å². The van der Waals surface area contributed by atoms with E-state index < -0.39 is 0 Å². The monoisotopic (exact) mass is 348 g/mol. The number of pyridine rings is 1. The Morgan fingerprint density at radius 3 is 2.54 bits per heavy atom. The number of aliphatic imine (C=N–C) groups is 1. The minimum Gasteiger partial charge on any atom is -0.495 e. The SMILES string of the molecule is COc1ccc(CC(N)=Nc2nc(N)nc(-c3ccccc3)c2C)nc1. The van der Waals surface area contributed by atoms with Crippen LogP contribution in [-0.4, -0.2) is 27.9 Å². The highest BCUT2D eigenvalue weighted by atomic mass is 16.5. The first-order valence-electron chi connectivity index (χ1n) is 8.08. The van der Waals surface area contributed by atoms with Crippen molar-refractivity contribution in [2.24, 2.45) is 10.7 Å². The second-order valence-electron chi connectivity index (χ2n) is 5.71. The molecule has 0 atom stereocenters. The summed E-state index contributed by atoms with van der Waals surface area (Å²) in [4.78, 5) is 17.3. The first-order valence-corrected chi connectivity index (χ1v) is 8.08. The number of ether oxygens (including phenoxy) is 1. The number of methoxy groups -OCH3 is 1. The van der Waals surface area contributed by atoms with Crippen LogP contribution < -0.4 is 16.2 Å². The van der Waals surface area contributed by atoms with Gasteiger partial charge in [-0.25, -0.2) is 9.98 Å². The number of benzene rings is 1. The smallest absolute Gasteiger partial charge is 0.222 e. The summed E-state index contributed by atoms with van der Waals surface area (Å²) in [7, 11) is 1.60. The second-order valence-corrected chi connectivity index (χ2v) is 5.71. The van der Waals surface area contributed by atoms with Gasteiger partial charge >= 0.3 is 0 Å². The van der Waals surface area contributed by atoms with Gasteiger partial charge in [0, 0.05) is 23.2 Å². The van der Waals surface area contributed by atoms with E-state index in [9.17, 15) is 0 Å². The Labute approximate surface area is 151 Å². The summed E-state index contributed by atoms with van der Waals surface area (Å²) in [5.41, 5.74) is 15.3. The van der Waals surface area contributed by atoms with Crippen molar-refractivity contribution in [3.05, 3.63) is 59.9 Å². The first-order chi connectivity index (χ1) is 12.6. The van der Waals surface area contributed by atoms with E-state index in [0.717, 1.165) is 22.5 Å². The highest BCUT2D eigenvalue weighted by Crippen LogP contribution is 2.28. The van der Waals surface area contributed by atoms with Gasteiger partial charge in [-0.3, -0.25) is 4.98 Å². The summed E-state index contributed by atoms with van der Waals surface area (Å²) in [5, 5.41) is 0. The van der Waals surface area contributed by atoms with Gasteiger partial charge in [-0.15, -0.1) is 0 Å². The maximum atomic E-state index is 6.09. The quantitative estimate of drug-likeness (QED) is 0.541. The number of hydrogen-bond acceptors (Lipinski definition) is 6. The van der Waals surface area contributed by atoms with Gasteiger partial charge in [0.1, 0.15) is 11.6 Å². The standard InChI is InChI=1S/C19H20N6O/c1-12-17(13-6-4-3-5-7-13)24-19(21)25-18(12)23-16(20)10-14-8-9-15(26-2)11-22-14/h3-9,11H,10H2,1-2H3,(H4,20,21,23,24,25). The molecular formula is C19H20N6O. The predicted octanol–water partition coefficient (Wildman–Crippen LogP) is 2.67. The van der Waals surface area contributed by atoms with E-state index in [2.05, 4.69) is 19.9 Å². The van der Waals surface area contributed by atoms with E-state index >= 15 is 0 Å². The fourth-order valence-electron chi connectivity index (χ4n) is 2.50. The van der Waals surface area contributed by atoms with Crippen LogP contribution in [0, 0.1) is 6.92 Å². The lowest BCUT2D eigenvalue weighted by atomic mass is 10.1. The van der Waals surface area contributed by atoms with Crippen molar-refractivity contribution in [3.8, 4) is 17.0 Å². The molecule has 0 aliphatic carbocycles. The molecule has 26 heavy (non-hydrogen) atoms. The number of hydrogen-bond donors (Lipinski definition) is 2. The Morgan fingerprint density at radius 2 is 1.88 bits per heavy atom. The topological polar surface area (TPSA) is 112 Å². The number of aromatic nitrogens is 3. The molecule has 0 amide bonds. The lowest BCUT2D eigenvalue weighted by Gasteiger charge is -2.09. The number of nitrogen functional groups attached to an aromatic ring is 1. The molecule has 3 rings (SSSR count). The van der Waals surface area contributed by atoms with Gasteiger partial charge in [-0.1, -0.05) is 30.3 Å². The summed E-state index contributed by atoms with van der Waals surface area (Å²) in [5.74, 6) is 1.70. The number of anilines is 1. The van der Waals surface area contributed by atoms with Crippen molar-refractivity contribution in [2.45, 2.75) is 13.3 Å². The van der Waals surface area contributed by atoms with Crippen LogP contribution in [-0.2, 0) is 6.42 Å². The van der Waals surface area contributed by atoms with Crippen molar-refractivity contribution >= 4 is 17.6 Å². The van der Waals surface area contributed by atoms with Gasteiger partial charge in [0.25, 0.3) is 0 Å². The zero-order valence-corrected chi connectivity index (χ0v) is 14.7. The van der Waals surface area contributed by atoms with Crippen molar-refractivity contribution in [2.75, 3.05) is 12.8 Å². The molecule has 0 aliphatic heterocycles. The Hall–Kier alpha value is -3.48.